The third-order valence-corrected chi connectivity index (χ3v) is 7.41. The summed E-state index contributed by atoms with van der Waals surface area (Å²) in [5.41, 5.74) is 1.61. The molecule has 2 saturated heterocycles. The third kappa shape index (κ3) is 4.90. The van der Waals surface area contributed by atoms with Crippen molar-refractivity contribution in [3.8, 4) is 5.75 Å². The number of nitrogens with one attached hydrogen (secondary N) is 1. The molecule has 36 heavy (non-hydrogen) atoms. The smallest absolute Gasteiger partial charge is 0.261 e. The molecule has 1 aromatic heterocycles. The van der Waals surface area contributed by atoms with Crippen LogP contribution < -0.4 is 10.1 Å². The van der Waals surface area contributed by atoms with Gasteiger partial charge in [-0.3, -0.25) is 24.1 Å². The van der Waals surface area contributed by atoms with E-state index in [1.165, 1.54) is 14.8 Å². The molecule has 9 heteroatoms. The van der Waals surface area contributed by atoms with Gasteiger partial charge < -0.3 is 10.1 Å². The molecule has 0 saturated carbocycles. The van der Waals surface area contributed by atoms with E-state index in [1.807, 2.05) is 72.1 Å². The van der Waals surface area contributed by atoms with Gasteiger partial charge in [0.1, 0.15) is 12.3 Å². The van der Waals surface area contributed by atoms with E-state index in [-0.39, 0.29) is 30.8 Å². The second-order valence-electron chi connectivity index (χ2n) is 8.78. The Balaban J connectivity index is 1.35. The zero-order chi connectivity index (χ0) is 25.1. The van der Waals surface area contributed by atoms with Gasteiger partial charge in [0, 0.05) is 11.4 Å². The summed E-state index contributed by atoms with van der Waals surface area (Å²) < 4.78 is 5.38. The van der Waals surface area contributed by atoms with E-state index in [0.717, 1.165) is 17.5 Å². The van der Waals surface area contributed by atoms with E-state index in [1.54, 1.807) is 18.4 Å². The van der Waals surface area contributed by atoms with Crippen LogP contribution in [-0.4, -0.2) is 54.0 Å². The number of hydroxylamine groups is 2. The molecule has 3 aromatic rings. The van der Waals surface area contributed by atoms with Crippen molar-refractivity contribution in [2.45, 2.75) is 25.1 Å². The average molecular weight is 506 g/mol. The number of likely N-dealkylation sites (tertiary alicyclic amines) is 1. The molecule has 1 N–H and O–H groups in total. The second-order valence-corrected chi connectivity index (χ2v) is 9.81. The number of ether oxygens (including phenoxy) is 1. The van der Waals surface area contributed by atoms with Crippen LogP contribution in [-0.2, 0) is 32.2 Å². The number of methoxy groups -OCH3 is 1. The molecule has 2 aliphatic rings. The minimum Gasteiger partial charge on any atom is -0.497 e. The molecule has 186 valence electrons. The molecular formula is C27H27N3O5S. The first-order chi connectivity index (χ1) is 17.5. The van der Waals surface area contributed by atoms with Gasteiger partial charge in [0.2, 0.25) is 11.8 Å². The van der Waals surface area contributed by atoms with E-state index in [9.17, 15) is 14.4 Å². The summed E-state index contributed by atoms with van der Waals surface area (Å²) in [5, 5.41) is 6.39. The molecular weight excluding hydrogens is 478 g/mol. The van der Waals surface area contributed by atoms with Crippen molar-refractivity contribution in [2.24, 2.45) is 5.92 Å². The SMILES string of the molecule is COc1cccc(C2C3C(=O)N(Cc4ccccc4)C(=O)C3ON2CC(=O)NCCc2cccs2)c1. The summed E-state index contributed by atoms with van der Waals surface area (Å²) in [5.74, 6) is -1.06. The van der Waals surface area contributed by atoms with E-state index < -0.39 is 18.1 Å². The number of rotatable bonds is 9. The van der Waals surface area contributed by atoms with Gasteiger partial charge >= 0.3 is 0 Å². The van der Waals surface area contributed by atoms with Crippen LogP contribution in [0.15, 0.2) is 72.1 Å². The number of hydrogen-bond donors (Lipinski definition) is 1. The Labute approximate surface area is 213 Å². The first kappa shape index (κ1) is 24.2. The molecule has 2 aromatic carbocycles. The molecule has 3 heterocycles. The van der Waals surface area contributed by atoms with E-state index in [4.69, 9.17) is 9.57 Å². The topological polar surface area (TPSA) is 88.2 Å². The third-order valence-electron chi connectivity index (χ3n) is 6.48. The lowest BCUT2D eigenvalue weighted by Crippen LogP contribution is -2.41. The maximum absolute atomic E-state index is 13.5. The molecule has 2 fully saturated rings. The number of amides is 3. The average Bonchev–Trinajstić information content (AvgIpc) is 3.59. The summed E-state index contributed by atoms with van der Waals surface area (Å²) >= 11 is 1.64. The van der Waals surface area contributed by atoms with Crippen molar-refractivity contribution in [1.29, 1.82) is 0 Å². The van der Waals surface area contributed by atoms with Crippen LogP contribution in [0, 0.1) is 5.92 Å². The summed E-state index contributed by atoms with van der Waals surface area (Å²) in [7, 11) is 1.57. The van der Waals surface area contributed by atoms with Crippen molar-refractivity contribution in [3.63, 3.8) is 0 Å². The molecule has 3 unspecified atom stereocenters. The first-order valence-corrected chi connectivity index (χ1v) is 12.7. The van der Waals surface area contributed by atoms with Crippen molar-refractivity contribution in [2.75, 3.05) is 20.2 Å². The zero-order valence-corrected chi connectivity index (χ0v) is 20.6. The summed E-state index contributed by atoms with van der Waals surface area (Å²) in [4.78, 5) is 48.1. The number of fused-ring (bicyclic) bond motifs is 1. The van der Waals surface area contributed by atoms with Crippen molar-refractivity contribution in [1.82, 2.24) is 15.3 Å². The molecule has 3 atom stereocenters. The van der Waals surface area contributed by atoms with Gasteiger partial charge in [-0.15, -0.1) is 11.3 Å². The minimum atomic E-state index is -0.976. The van der Waals surface area contributed by atoms with Crippen LogP contribution in [0.4, 0.5) is 0 Å². The van der Waals surface area contributed by atoms with E-state index in [2.05, 4.69) is 5.32 Å². The fraction of sp³-hybridized carbons (Fsp3) is 0.296. The predicted octanol–water partition coefficient (Wildman–Crippen LogP) is 2.96. The van der Waals surface area contributed by atoms with Gasteiger partial charge in [0.15, 0.2) is 6.10 Å². The summed E-state index contributed by atoms with van der Waals surface area (Å²) in [6, 6.07) is 20.1. The molecule has 8 nitrogen and oxygen atoms in total. The lowest BCUT2D eigenvalue weighted by Gasteiger charge is -2.27. The Hall–Kier alpha value is -3.53. The largest absolute Gasteiger partial charge is 0.497 e. The number of nitrogens with zero attached hydrogens (tertiary/aromatic N) is 2. The second kappa shape index (κ2) is 10.6. The Morgan fingerprint density at radius 3 is 2.64 bits per heavy atom. The number of imide groups is 1. The van der Waals surface area contributed by atoms with E-state index >= 15 is 0 Å². The fourth-order valence-corrected chi connectivity index (χ4v) is 5.47. The molecule has 0 aliphatic carbocycles. The predicted molar refractivity (Wildman–Crippen MR) is 134 cm³/mol. The molecule has 5 rings (SSSR count). The molecule has 3 amide bonds. The van der Waals surface area contributed by atoms with Gasteiger partial charge in [0.25, 0.3) is 5.91 Å². The molecule has 0 spiro atoms. The number of carbonyl (C=O) groups is 3. The van der Waals surface area contributed by atoms with Gasteiger partial charge in [0.05, 0.1) is 25.6 Å². The summed E-state index contributed by atoms with van der Waals surface area (Å²) in [6.45, 7) is 0.577. The highest BCUT2D eigenvalue weighted by Crippen LogP contribution is 2.45. The lowest BCUT2D eigenvalue weighted by molar-refractivity contribution is -0.182. The number of hydrogen-bond acceptors (Lipinski definition) is 7. The Morgan fingerprint density at radius 1 is 1.06 bits per heavy atom. The fourth-order valence-electron chi connectivity index (χ4n) is 4.76. The molecule has 0 radical (unpaired) electrons. The van der Waals surface area contributed by atoms with Gasteiger partial charge in [-0.05, 0) is 41.1 Å². The first-order valence-electron chi connectivity index (χ1n) is 11.8. The number of benzene rings is 2. The van der Waals surface area contributed by atoms with Crippen LogP contribution in [0.25, 0.3) is 0 Å². The van der Waals surface area contributed by atoms with Gasteiger partial charge in [-0.1, -0.05) is 48.5 Å². The van der Waals surface area contributed by atoms with Crippen LogP contribution in [0.5, 0.6) is 5.75 Å². The standard InChI is InChI=1S/C27H27N3O5S/c1-34-20-10-5-9-19(15-20)24-23-25(27(33)29(26(23)32)16-18-7-3-2-4-8-18)35-30(24)17-22(31)28-13-12-21-11-6-14-36-21/h2-11,14-15,23-25H,12-13,16-17H2,1H3,(H,28,31). The maximum Gasteiger partial charge on any atom is 0.261 e. The highest BCUT2D eigenvalue weighted by atomic mass is 32.1. The molecule has 0 bridgehead atoms. The van der Waals surface area contributed by atoms with Crippen molar-refractivity contribution in [3.05, 3.63) is 88.1 Å². The van der Waals surface area contributed by atoms with Gasteiger partial charge in [-0.25, -0.2) is 0 Å². The van der Waals surface area contributed by atoms with Crippen LogP contribution in [0.1, 0.15) is 22.0 Å². The molecule has 2 aliphatic heterocycles. The highest BCUT2D eigenvalue weighted by molar-refractivity contribution is 7.09. The quantitative estimate of drug-likeness (QED) is 0.450. The van der Waals surface area contributed by atoms with E-state index in [0.29, 0.717) is 12.3 Å². The van der Waals surface area contributed by atoms with Gasteiger partial charge in [-0.2, -0.15) is 5.06 Å². The highest BCUT2D eigenvalue weighted by Gasteiger charge is 2.59. The number of thiophene rings is 1. The normalized spacial score (nSPS) is 21.6. The lowest BCUT2D eigenvalue weighted by atomic mass is 9.90. The Bertz CT molecular complexity index is 1230. The summed E-state index contributed by atoms with van der Waals surface area (Å²) in [6.07, 6.45) is -0.239. The minimum absolute atomic E-state index is 0.0986. The monoisotopic (exact) mass is 505 g/mol. The van der Waals surface area contributed by atoms with Crippen LogP contribution in [0.2, 0.25) is 0 Å². The van der Waals surface area contributed by atoms with Crippen LogP contribution in [0.3, 0.4) is 0 Å². The van der Waals surface area contributed by atoms with Crippen molar-refractivity contribution < 1.29 is 24.0 Å². The number of carbonyl (C=O) groups excluding carboxylic acids is 3. The van der Waals surface area contributed by atoms with Crippen LogP contribution >= 0.6 is 11.3 Å². The Kier molecular flexibility index (Phi) is 7.13. The van der Waals surface area contributed by atoms with Crippen molar-refractivity contribution >= 4 is 29.1 Å². The Morgan fingerprint density at radius 2 is 1.89 bits per heavy atom. The maximum atomic E-state index is 13.5. The zero-order valence-electron chi connectivity index (χ0n) is 19.8.